The molecule has 1 aromatic carbocycles. The molecule has 0 saturated heterocycles. The summed E-state index contributed by atoms with van der Waals surface area (Å²) < 4.78 is 39.6. The number of hydrogen-bond acceptors (Lipinski definition) is 3. The van der Waals surface area contributed by atoms with Crippen molar-refractivity contribution < 1.29 is 17.9 Å². The number of hydrogen-bond donors (Lipinski definition) is 2. The fourth-order valence-electron chi connectivity index (χ4n) is 0.996. The maximum atomic E-state index is 12.0. The van der Waals surface area contributed by atoms with Gasteiger partial charge in [-0.2, -0.15) is 0 Å². The first-order valence-corrected chi connectivity index (χ1v) is 4.88. The van der Waals surface area contributed by atoms with Gasteiger partial charge in [0.2, 0.25) is 0 Å². The molecule has 2 nitrogen and oxygen atoms in total. The van der Waals surface area contributed by atoms with Crippen molar-refractivity contribution in [1.29, 1.82) is 0 Å². The average Bonchev–Trinajstić information content (AvgIpc) is 2.12. The lowest BCUT2D eigenvalue weighted by molar-refractivity contribution is -0.274. The van der Waals surface area contributed by atoms with E-state index < -0.39 is 12.1 Å². The summed E-state index contributed by atoms with van der Waals surface area (Å²) in [5, 5.41) is 1.35. The molecule has 1 aromatic rings. The number of ether oxygens (including phenoxy) is 1. The minimum absolute atomic E-state index is 0.0925. The summed E-state index contributed by atoms with van der Waals surface area (Å²) >= 11 is 9.41. The number of benzene rings is 1. The molecule has 0 fully saturated rings. The molecule has 2 N–H and O–H groups in total. The third-order valence-electron chi connectivity index (χ3n) is 1.58. The molecule has 0 aliphatic heterocycles. The molecule has 0 aromatic heterocycles. The predicted octanol–water partition coefficient (Wildman–Crippen LogP) is 3.43. The molecule has 0 radical (unpaired) electrons. The number of rotatable bonds is 2. The van der Waals surface area contributed by atoms with E-state index in [9.17, 15) is 13.2 Å². The van der Waals surface area contributed by atoms with Gasteiger partial charge in [0.05, 0.1) is 0 Å². The van der Waals surface area contributed by atoms with Crippen molar-refractivity contribution in [2.75, 3.05) is 0 Å². The Kier molecular flexibility index (Phi) is 3.98. The molecule has 0 amide bonds. The highest BCUT2D eigenvalue weighted by Crippen LogP contribution is 2.28. The van der Waals surface area contributed by atoms with Crippen molar-refractivity contribution in [2.24, 2.45) is 5.73 Å². The molecule has 88 valence electrons. The van der Waals surface area contributed by atoms with Crippen LogP contribution in [-0.2, 0) is 0 Å². The predicted molar refractivity (Wildman–Crippen MR) is 59.3 cm³/mol. The molecular weight excluding hydrogens is 263 g/mol. The molecule has 16 heavy (non-hydrogen) atoms. The van der Waals surface area contributed by atoms with Gasteiger partial charge in [0.1, 0.15) is 5.75 Å². The molecule has 0 atom stereocenters. The fraction of sp³-hybridized carbons (Fsp3) is 0.111. The maximum Gasteiger partial charge on any atom is 0.573 e. The van der Waals surface area contributed by atoms with Crippen LogP contribution in [0.1, 0.15) is 5.56 Å². The first-order chi connectivity index (χ1) is 7.31. The smallest absolute Gasteiger partial charge is 0.406 e. The molecule has 0 aliphatic carbocycles. The summed E-state index contributed by atoms with van der Waals surface area (Å²) in [5.41, 5.74) is 5.98. The van der Waals surface area contributed by atoms with Crippen LogP contribution < -0.4 is 10.5 Å². The van der Waals surface area contributed by atoms with Gasteiger partial charge in [0.15, 0.2) is 0 Å². The number of thiol groups is 1. The van der Waals surface area contributed by atoms with Crippen molar-refractivity contribution in [3.8, 4) is 5.75 Å². The van der Waals surface area contributed by atoms with E-state index in [0.29, 0.717) is 5.56 Å². The van der Waals surface area contributed by atoms with Crippen LogP contribution in [-0.4, -0.2) is 6.36 Å². The van der Waals surface area contributed by atoms with Crippen molar-refractivity contribution in [3.05, 3.63) is 34.2 Å². The van der Waals surface area contributed by atoms with E-state index in [1.165, 1.54) is 11.5 Å². The Morgan fingerprint density at radius 2 is 2.00 bits per heavy atom. The zero-order valence-corrected chi connectivity index (χ0v) is 9.40. The van der Waals surface area contributed by atoms with E-state index in [1.807, 2.05) is 0 Å². The minimum atomic E-state index is -4.76. The summed E-state index contributed by atoms with van der Waals surface area (Å²) in [5.74, 6) is -0.423. The average molecular weight is 270 g/mol. The van der Waals surface area contributed by atoms with E-state index >= 15 is 0 Å². The molecule has 7 heteroatoms. The molecule has 0 unspecified atom stereocenters. The van der Waals surface area contributed by atoms with Gasteiger partial charge in [0, 0.05) is 16.3 Å². The van der Waals surface area contributed by atoms with Crippen LogP contribution >= 0.6 is 24.2 Å². The standard InChI is InChI=1S/C9H7ClF3NOS/c10-6-1-5(8(14)4-16)2-7(3-6)15-9(11,12)13/h1-4,16H,14H2/b8-4-. The van der Waals surface area contributed by atoms with Crippen LogP contribution in [0.3, 0.4) is 0 Å². The van der Waals surface area contributed by atoms with E-state index in [-0.39, 0.29) is 10.7 Å². The van der Waals surface area contributed by atoms with Crippen LogP contribution in [0.15, 0.2) is 23.6 Å². The monoisotopic (exact) mass is 269 g/mol. The largest absolute Gasteiger partial charge is 0.573 e. The SMILES string of the molecule is N/C(=C\S)c1cc(Cl)cc(OC(F)(F)F)c1. The Bertz CT molecular complexity index is 420. The second-order valence-corrected chi connectivity index (χ2v) is 3.50. The molecule has 0 heterocycles. The van der Waals surface area contributed by atoms with Crippen LogP contribution in [0.2, 0.25) is 5.02 Å². The van der Waals surface area contributed by atoms with E-state index in [0.717, 1.165) is 12.1 Å². The first kappa shape index (κ1) is 13.1. The lowest BCUT2D eigenvalue weighted by Crippen LogP contribution is -2.17. The van der Waals surface area contributed by atoms with Gasteiger partial charge in [-0.3, -0.25) is 0 Å². The Morgan fingerprint density at radius 3 is 2.50 bits per heavy atom. The zero-order valence-electron chi connectivity index (χ0n) is 7.75. The number of nitrogens with two attached hydrogens (primary N) is 1. The fourth-order valence-corrected chi connectivity index (χ4v) is 1.37. The Morgan fingerprint density at radius 1 is 1.38 bits per heavy atom. The highest BCUT2D eigenvalue weighted by Gasteiger charge is 2.31. The number of alkyl halides is 3. The molecule has 0 spiro atoms. The Balaban J connectivity index is 3.08. The molecule has 0 saturated carbocycles. The summed E-state index contributed by atoms with van der Waals surface area (Å²) in [6.07, 6.45) is -4.76. The quantitative estimate of drug-likeness (QED) is 0.807. The van der Waals surface area contributed by atoms with Gasteiger partial charge in [0.25, 0.3) is 0 Å². The molecular formula is C9H7ClF3NOS. The zero-order chi connectivity index (χ0) is 12.3. The van der Waals surface area contributed by atoms with Crippen molar-refractivity contribution in [1.82, 2.24) is 0 Å². The highest BCUT2D eigenvalue weighted by molar-refractivity contribution is 7.83. The van der Waals surface area contributed by atoms with Crippen molar-refractivity contribution in [2.45, 2.75) is 6.36 Å². The molecule has 1 rings (SSSR count). The van der Waals surface area contributed by atoms with E-state index in [4.69, 9.17) is 17.3 Å². The maximum absolute atomic E-state index is 12.0. The van der Waals surface area contributed by atoms with E-state index in [1.54, 1.807) is 0 Å². The second-order valence-electron chi connectivity index (χ2n) is 2.81. The molecule has 0 bridgehead atoms. The van der Waals surface area contributed by atoms with Gasteiger partial charge in [-0.15, -0.1) is 25.8 Å². The lowest BCUT2D eigenvalue weighted by Gasteiger charge is -2.10. The highest BCUT2D eigenvalue weighted by atomic mass is 35.5. The van der Waals surface area contributed by atoms with Gasteiger partial charge in [-0.05, 0) is 23.6 Å². The summed E-state index contributed by atoms with van der Waals surface area (Å²) in [7, 11) is 0. The lowest BCUT2D eigenvalue weighted by atomic mass is 10.2. The van der Waals surface area contributed by atoms with Crippen LogP contribution in [0.5, 0.6) is 5.75 Å². The third kappa shape index (κ3) is 3.86. The van der Waals surface area contributed by atoms with Gasteiger partial charge in [-0.25, -0.2) is 0 Å². The van der Waals surface area contributed by atoms with Crippen LogP contribution in [0.4, 0.5) is 13.2 Å². The summed E-state index contributed by atoms with van der Waals surface area (Å²) in [4.78, 5) is 0. The van der Waals surface area contributed by atoms with Crippen molar-refractivity contribution in [3.63, 3.8) is 0 Å². The summed E-state index contributed by atoms with van der Waals surface area (Å²) in [6.45, 7) is 0. The van der Waals surface area contributed by atoms with Gasteiger partial charge < -0.3 is 10.5 Å². The minimum Gasteiger partial charge on any atom is -0.406 e. The normalized spacial score (nSPS) is 12.7. The van der Waals surface area contributed by atoms with Crippen LogP contribution in [0, 0.1) is 0 Å². The first-order valence-electron chi connectivity index (χ1n) is 3.98. The number of halogens is 4. The van der Waals surface area contributed by atoms with Crippen molar-refractivity contribution >= 4 is 29.9 Å². The summed E-state index contributed by atoms with van der Waals surface area (Å²) in [6, 6.07) is 3.58. The van der Waals surface area contributed by atoms with Gasteiger partial charge in [-0.1, -0.05) is 11.6 Å². The molecule has 0 aliphatic rings. The second kappa shape index (κ2) is 4.88. The van der Waals surface area contributed by atoms with Gasteiger partial charge >= 0.3 is 6.36 Å². The Hall–Kier alpha value is -1.01. The third-order valence-corrected chi connectivity index (χ3v) is 2.07. The Labute approximate surface area is 100 Å². The van der Waals surface area contributed by atoms with E-state index in [2.05, 4.69) is 17.4 Å². The topological polar surface area (TPSA) is 35.2 Å². The van der Waals surface area contributed by atoms with Crippen LogP contribution in [0.25, 0.3) is 5.70 Å².